The van der Waals surface area contributed by atoms with Gasteiger partial charge in [-0.3, -0.25) is 4.90 Å². The third-order valence-corrected chi connectivity index (χ3v) is 9.40. The molecule has 184 valence electrons. The normalized spacial score (nSPS) is 29.7. The van der Waals surface area contributed by atoms with E-state index < -0.39 is 11.6 Å². The van der Waals surface area contributed by atoms with E-state index in [1.807, 2.05) is 18.2 Å². The molecular formula is C26H32Cl2N2O3S. The maximum atomic E-state index is 11.6. The highest BCUT2D eigenvalue weighted by Crippen LogP contribution is 2.45. The van der Waals surface area contributed by atoms with Gasteiger partial charge in [-0.15, -0.1) is 0 Å². The van der Waals surface area contributed by atoms with Crippen molar-refractivity contribution in [2.45, 2.75) is 56.3 Å². The fourth-order valence-electron chi connectivity index (χ4n) is 6.05. The number of nitrogens with zero attached hydrogens (tertiary/aromatic N) is 2. The van der Waals surface area contributed by atoms with Gasteiger partial charge in [0.05, 0.1) is 5.60 Å². The second-order valence-corrected chi connectivity index (χ2v) is 12.1. The van der Waals surface area contributed by atoms with Crippen LogP contribution in [0.1, 0.15) is 49.7 Å². The molecule has 34 heavy (non-hydrogen) atoms. The van der Waals surface area contributed by atoms with Gasteiger partial charge in [0.25, 0.3) is 0 Å². The Morgan fingerprint density at radius 3 is 2.59 bits per heavy atom. The van der Waals surface area contributed by atoms with Crippen molar-refractivity contribution in [1.82, 2.24) is 9.80 Å². The first-order valence-corrected chi connectivity index (χ1v) is 13.8. The Hall–Kier alpha value is -1.15. The monoisotopic (exact) mass is 522 g/mol. The molecular weight excluding hydrogens is 491 g/mol. The number of rotatable bonds is 6. The summed E-state index contributed by atoms with van der Waals surface area (Å²) in [6.45, 7) is 7.60. The molecule has 8 heteroatoms. The fraction of sp³-hybridized carbons (Fsp3) is 0.577. The molecule has 3 aliphatic heterocycles. The van der Waals surface area contributed by atoms with Crippen LogP contribution in [0.15, 0.2) is 35.0 Å². The molecule has 0 saturated carbocycles. The smallest absolute Gasteiger partial charge is 0.335 e. The molecule has 5 rings (SSSR count). The van der Waals surface area contributed by atoms with Crippen molar-refractivity contribution in [3.05, 3.63) is 56.2 Å². The molecule has 3 aliphatic rings. The Balaban J connectivity index is 1.23. The largest absolute Gasteiger partial charge is 0.479 e. The van der Waals surface area contributed by atoms with Crippen LogP contribution in [0, 0.1) is 5.92 Å². The van der Waals surface area contributed by atoms with Crippen molar-refractivity contribution >= 4 is 40.5 Å². The number of carboxylic acids is 1. The molecule has 0 aliphatic carbocycles. The first-order valence-electron chi connectivity index (χ1n) is 12.1. The second kappa shape index (κ2) is 9.72. The molecule has 1 spiro atoms. The van der Waals surface area contributed by atoms with Gasteiger partial charge in [0.1, 0.15) is 0 Å². The summed E-state index contributed by atoms with van der Waals surface area (Å²) in [4.78, 5) is 16.7. The lowest BCUT2D eigenvalue weighted by molar-refractivity contribution is -0.175. The predicted molar refractivity (Wildman–Crippen MR) is 137 cm³/mol. The molecule has 1 aromatic heterocycles. The molecule has 0 bridgehead atoms. The number of piperidine rings is 1. The molecule has 3 atom stereocenters. The van der Waals surface area contributed by atoms with Gasteiger partial charge in [0.2, 0.25) is 0 Å². The Morgan fingerprint density at radius 2 is 1.94 bits per heavy atom. The number of benzene rings is 1. The third kappa shape index (κ3) is 5.04. The Kier molecular flexibility index (Phi) is 7.01. The Labute approximate surface area is 215 Å². The van der Waals surface area contributed by atoms with Crippen LogP contribution in [0.3, 0.4) is 0 Å². The lowest BCUT2D eigenvalue weighted by Gasteiger charge is -2.41. The number of ether oxygens (including phenoxy) is 1. The lowest BCUT2D eigenvalue weighted by atomic mass is 9.86. The summed E-state index contributed by atoms with van der Waals surface area (Å²) in [6.07, 6.45) is 3.28. The fourth-order valence-corrected chi connectivity index (χ4v) is 7.25. The zero-order valence-corrected chi connectivity index (χ0v) is 21.8. The van der Waals surface area contributed by atoms with Crippen LogP contribution in [0.2, 0.25) is 10.0 Å². The molecule has 3 saturated heterocycles. The highest BCUT2D eigenvalue weighted by molar-refractivity contribution is 7.08. The van der Waals surface area contributed by atoms with Gasteiger partial charge in [0, 0.05) is 55.2 Å². The molecule has 3 fully saturated rings. The average molecular weight is 524 g/mol. The van der Waals surface area contributed by atoms with Crippen molar-refractivity contribution in [3.8, 4) is 0 Å². The quantitative estimate of drug-likeness (QED) is 0.522. The first-order chi connectivity index (χ1) is 16.3. The van der Waals surface area contributed by atoms with E-state index >= 15 is 0 Å². The molecule has 1 aromatic carbocycles. The van der Waals surface area contributed by atoms with Crippen molar-refractivity contribution in [2.75, 3.05) is 32.7 Å². The van der Waals surface area contributed by atoms with Gasteiger partial charge in [-0.05, 0) is 78.6 Å². The highest BCUT2D eigenvalue weighted by atomic mass is 35.5. The summed E-state index contributed by atoms with van der Waals surface area (Å²) < 4.78 is 6.19. The van der Waals surface area contributed by atoms with Crippen molar-refractivity contribution < 1.29 is 14.6 Å². The van der Waals surface area contributed by atoms with Crippen LogP contribution in [-0.4, -0.2) is 64.8 Å². The SMILES string of the molecule is CC1(C(=O)O)CCC2(CCN(C[C@H]3CN(Cc4ccc(Cl)cc4Cl)C[C@@H]3c3ccsc3)CC2)O1. The van der Waals surface area contributed by atoms with Crippen LogP contribution < -0.4 is 0 Å². The van der Waals surface area contributed by atoms with Gasteiger partial charge >= 0.3 is 5.97 Å². The minimum absolute atomic E-state index is 0.260. The minimum atomic E-state index is -1.03. The number of thiophene rings is 1. The van der Waals surface area contributed by atoms with Gasteiger partial charge in [-0.2, -0.15) is 11.3 Å². The zero-order valence-electron chi connectivity index (χ0n) is 19.5. The van der Waals surface area contributed by atoms with E-state index in [2.05, 4.69) is 26.6 Å². The van der Waals surface area contributed by atoms with Gasteiger partial charge in [0.15, 0.2) is 5.60 Å². The van der Waals surface area contributed by atoms with Crippen LogP contribution in [0.25, 0.3) is 0 Å². The molecule has 0 radical (unpaired) electrons. The predicted octanol–water partition coefficient (Wildman–Crippen LogP) is 5.76. The van der Waals surface area contributed by atoms with E-state index in [0.29, 0.717) is 23.3 Å². The van der Waals surface area contributed by atoms with E-state index in [-0.39, 0.29) is 5.60 Å². The first kappa shape index (κ1) is 24.5. The molecule has 4 heterocycles. The number of hydrogen-bond acceptors (Lipinski definition) is 5. The van der Waals surface area contributed by atoms with E-state index in [4.69, 9.17) is 27.9 Å². The Bertz CT molecular complexity index is 1030. The van der Waals surface area contributed by atoms with Gasteiger partial charge in [-0.25, -0.2) is 4.79 Å². The van der Waals surface area contributed by atoms with Crippen LogP contribution in [-0.2, 0) is 16.1 Å². The number of aliphatic carboxylic acids is 1. The van der Waals surface area contributed by atoms with Crippen LogP contribution in [0.5, 0.6) is 0 Å². The number of hydrogen-bond donors (Lipinski definition) is 1. The molecule has 1 unspecified atom stereocenters. The number of halogens is 2. The zero-order chi connectivity index (χ0) is 23.9. The molecule has 1 N–H and O–H groups in total. The summed E-state index contributed by atoms with van der Waals surface area (Å²) in [5.74, 6) is 0.215. The van der Waals surface area contributed by atoms with E-state index in [1.165, 1.54) is 5.56 Å². The summed E-state index contributed by atoms with van der Waals surface area (Å²) >= 11 is 14.3. The van der Waals surface area contributed by atoms with Crippen molar-refractivity contribution in [1.29, 1.82) is 0 Å². The number of carbonyl (C=O) groups is 1. The maximum Gasteiger partial charge on any atom is 0.335 e. The van der Waals surface area contributed by atoms with Crippen molar-refractivity contribution in [3.63, 3.8) is 0 Å². The summed E-state index contributed by atoms with van der Waals surface area (Å²) in [7, 11) is 0. The maximum absolute atomic E-state index is 11.6. The minimum Gasteiger partial charge on any atom is -0.479 e. The molecule has 2 aromatic rings. The molecule has 0 amide bonds. The van der Waals surface area contributed by atoms with Crippen LogP contribution in [0.4, 0.5) is 0 Å². The van der Waals surface area contributed by atoms with Crippen molar-refractivity contribution in [2.24, 2.45) is 5.92 Å². The number of carboxylic acid groups (broad SMARTS) is 1. The van der Waals surface area contributed by atoms with Gasteiger partial charge < -0.3 is 14.7 Å². The highest BCUT2D eigenvalue weighted by Gasteiger charge is 2.52. The molecule has 5 nitrogen and oxygen atoms in total. The number of likely N-dealkylation sites (tertiary alicyclic amines) is 2. The Morgan fingerprint density at radius 1 is 1.15 bits per heavy atom. The third-order valence-electron chi connectivity index (χ3n) is 8.11. The van der Waals surface area contributed by atoms with E-state index in [1.54, 1.807) is 18.3 Å². The van der Waals surface area contributed by atoms with Crippen LogP contribution >= 0.6 is 34.5 Å². The van der Waals surface area contributed by atoms with E-state index in [0.717, 1.165) is 69.1 Å². The lowest BCUT2D eigenvalue weighted by Crippen LogP contribution is -2.48. The van der Waals surface area contributed by atoms with Gasteiger partial charge in [-0.1, -0.05) is 29.3 Å². The van der Waals surface area contributed by atoms with E-state index in [9.17, 15) is 9.90 Å². The second-order valence-electron chi connectivity index (χ2n) is 10.5. The summed E-state index contributed by atoms with van der Waals surface area (Å²) in [5.41, 5.74) is 1.27. The standard InChI is InChI=1S/C26H32Cl2N2O3S/c1-25(24(31)32)5-6-26(33-25)7-9-29(10-8-26)14-20-15-30(16-22(20)19-4-11-34-17-19)13-18-2-3-21(27)12-23(18)28/h2-4,11-12,17,20,22H,5-10,13-16H2,1H3,(H,31,32)/t20-,22+,25?/m0/s1. The summed E-state index contributed by atoms with van der Waals surface area (Å²) in [6, 6.07) is 8.04. The average Bonchev–Trinajstić information content (AvgIpc) is 3.52. The summed E-state index contributed by atoms with van der Waals surface area (Å²) in [5, 5.41) is 15.4. The topological polar surface area (TPSA) is 53.0 Å².